The van der Waals surface area contributed by atoms with Gasteiger partial charge in [-0.2, -0.15) is 5.26 Å². The second kappa shape index (κ2) is 7.16. The van der Waals surface area contributed by atoms with Crippen LogP contribution in [-0.2, 0) is 4.74 Å². The molecule has 0 atom stereocenters. The minimum absolute atomic E-state index is 0.331. The zero-order valence-corrected chi connectivity index (χ0v) is 7.28. The second-order valence-corrected chi connectivity index (χ2v) is 2.65. The molecule has 10 heavy (non-hydrogen) atoms. The van der Waals surface area contributed by atoms with Gasteiger partial charge in [0.05, 0.1) is 19.2 Å². The smallest absolute Gasteiger partial charge is 0.0974 e. The minimum atomic E-state index is 0.331. The fourth-order valence-electron chi connectivity index (χ4n) is 0.410. The van der Waals surface area contributed by atoms with Crippen LogP contribution in [-0.4, -0.2) is 31.1 Å². The van der Waals surface area contributed by atoms with Crippen molar-refractivity contribution >= 4 is 21.8 Å². The Kier molecular flexibility index (Phi) is 7.20. The molecule has 0 amide bonds. The van der Waals surface area contributed by atoms with Crippen LogP contribution in [0.2, 0.25) is 0 Å². The molecule has 0 N–H and O–H groups in total. The Morgan fingerprint density at radius 3 is 2.90 bits per heavy atom. The summed E-state index contributed by atoms with van der Waals surface area (Å²) in [5.74, 6) is 0. The van der Waals surface area contributed by atoms with Crippen LogP contribution in [0, 0.1) is 11.3 Å². The zero-order valence-electron chi connectivity index (χ0n) is 5.71. The summed E-state index contributed by atoms with van der Waals surface area (Å²) in [7, 11) is 7.03. The number of hydrogen-bond donors (Lipinski definition) is 0. The van der Waals surface area contributed by atoms with Gasteiger partial charge in [0, 0.05) is 24.8 Å². The van der Waals surface area contributed by atoms with Crippen molar-refractivity contribution in [3.63, 3.8) is 0 Å². The van der Waals surface area contributed by atoms with E-state index in [4.69, 9.17) is 20.7 Å². The molecular formula is C5H9ClN2OS. The number of halogens is 1. The lowest BCUT2D eigenvalue weighted by atomic mass is 10.6. The van der Waals surface area contributed by atoms with Crippen LogP contribution in [0.15, 0.2) is 0 Å². The van der Waals surface area contributed by atoms with Crippen LogP contribution >= 0.6 is 21.8 Å². The van der Waals surface area contributed by atoms with Crippen LogP contribution in [0.5, 0.6) is 0 Å². The van der Waals surface area contributed by atoms with Gasteiger partial charge in [-0.05, 0) is 10.7 Å². The Morgan fingerprint density at radius 1 is 1.80 bits per heavy atom. The summed E-state index contributed by atoms with van der Waals surface area (Å²) < 4.78 is 6.51. The molecule has 0 aromatic carbocycles. The number of hydrogen-bond acceptors (Lipinski definition) is 4. The standard InChI is InChI=1S/C5H9ClN2OS/c1-9-5-4-8(10-6)3-2-7/h3-5H2,1H3. The van der Waals surface area contributed by atoms with Crippen molar-refractivity contribution in [3.8, 4) is 6.07 Å². The van der Waals surface area contributed by atoms with E-state index >= 15 is 0 Å². The van der Waals surface area contributed by atoms with Crippen molar-refractivity contribution in [1.82, 2.24) is 4.31 Å². The van der Waals surface area contributed by atoms with Gasteiger partial charge < -0.3 is 4.74 Å². The molecular weight excluding hydrogens is 172 g/mol. The predicted molar refractivity (Wildman–Crippen MR) is 42.5 cm³/mol. The summed E-state index contributed by atoms with van der Waals surface area (Å²) in [6, 6.07) is 1.99. The zero-order chi connectivity index (χ0) is 7.82. The molecule has 0 fully saturated rings. The van der Waals surface area contributed by atoms with Crippen molar-refractivity contribution in [2.24, 2.45) is 0 Å². The van der Waals surface area contributed by atoms with E-state index in [1.54, 1.807) is 11.4 Å². The highest BCUT2D eigenvalue weighted by Gasteiger charge is 2.01. The summed E-state index contributed by atoms with van der Waals surface area (Å²) in [6.07, 6.45) is 0. The van der Waals surface area contributed by atoms with Gasteiger partial charge in [0.25, 0.3) is 0 Å². The first-order valence-corrected chi connectivity index (χ1v) is 4.34. The van der Waals surface area contributed by atoms with Gasteiger partial charge in [0.15, 0.2) is 0 Å². The van der Waals surface area contributed by atoms with Crippen LogP contribution in [0.1, 0.15) is 0 Å². The summed E-state index contributed by atoms with van der Waals surface area (Å²) in [5.41, 5.74) is 0. The molecule has 0 aliphatic rings. The van der Waals surface area contributed by atoms with Gasteiger partial charge in [0.2, 0.25) is 0 Å². The first-order chi connectivity index (χ1) is 4.85. The molecule has 0 aromatic rings. The van der Waals surface area contributed by atoms with E-state index in [2.05, 4.69) is 0 Å². The quantitative estimate of drug-likeness (QED) is 0.472. The highest BCUT2D eigenvalue weighted by atomic mass is 35.7. The summed E-state index contributed by atoms with van der Waals surface area (Å²) >= 11 is 1.04. The molecule has 0 aromatic heterocycles. The van der Waals surface area contributed by atoms with Gasteiger partial charge >= 0.3 is 0 Å². The first kappa shape index (κ1) is 10.0. The van der Waals surface area contributed by atoms with Crippen molar-refractivity contribution in [3.05, 3.63) is 0 Å². The average Bonchev–Trinajstić information content (AvgIpc) is 1.98. The van der Waals surface area contributed by atoms with Crippen LogP contribution in [0.4, 0.5) is 0 Å². The number of nitrogens with zero attached hydrogens (tertiary/aromatic N) is 2. The topological polar surface area (TPSA) is 36.3 Å². The maximum absolute atomic E-state index is 8.26. The van der Waals surface area contributed by atoms with Gasteiger partial charge in [-0.15, -0.1) is 0 Å². The highest BCUT2D eigenvalue weighted by Crippen LogP contribution is 2.12. The normalized spacial score (nSPS) is 9.80. The number of ether oxygens (including phenoxy) is 1. The minimum Gasteiger partial charge on any atom is -0.383 e. The van der Waals surface area contributed by atoms with E-state index in [1.807, 2.05) is 6.07 Å². The van der Waals surface area contributed by atoms with E-state index in [9.17, 15) is 0 Å². The summed E-state index contributed by atoms with van der Waals surface area (Å²) in [5, 5.41) is 8.26. The molecule has 0 saturated carbocycles. The fourth-order valence-corrected chi connectivity index (χ4v) is 1.01. The molecule has 3 nitrogen and oxygen atoms in total. The Labute approximate surface area is 69.5 Å². The Hall–Kier alpha value is 0.0500. The van der Waals surface area contributed by atoms with Crippen LogP contribution in [0.25, 0.3) is 0 Å². The third-order valence-electron chi connectivity index (χ3n) is 0.889. The van der Waals surface area contributed by atoms with Gasteiger partial charge in [-0.25, -0.2) is 4.31 Å². The van der Waals surface area contributed by atoms with Gasteiger partial charge in [-0.1, -0.05) is 0 Å². The predicted octanol–water partition coefficient (Wildman–Crippen LogP) is 1.26. The molecule has 0 heterocycles. The molecule has 0 radical (unpaired) electrons. The van der Waals surface area contributed by atoms with Crippen molar-refractivity contribution in [2.45, 2.75) is 0 Å². The van der Waals surface area contributed by atoms with Gasteiger partial charge in [0.1, 0.15) is 0 Å². The second-order valence-electron chi connectivity index (χ2n) is 1.58. The van der Waals surface area contributed by atoms with Crippen molar-refractivity contribution < 1.29 is 4.74 Å². The molecule has 0 aliphatic heterocycles. The lowest BCUT2D eigenvalue weighted by Crippen LogP contribution is -2.19. The first-order valence-electron chi connectivity index (χ1n) is 2.74. The molecule has 0 unspecified atom stereocenters. The van der Waals surface area contributed by atoms with E-state index in [1.165, 1.54) is 0 Å². The molecule has 0 rings (SSSR count). The lowest BCUT2D eigenvalue weighted by molar-refractivity contribution is 0.185. The highest BCUT2D eigenvalue weighted by molar-refractivity contribution is 8.19. The van der Waals surface area contributed by atoms with E-state index < -0.39 is 0 Å². The molecule has 5 heteroatoms. The van der Waals surface area contributed by atoms with Crippen molar-refractivity contribution in [1.29, 1.82) is 5.26 Å². The maximum atomic E-state index is 8.26. The average molecular weight is 181 g/mol. The van der Waals surface area contributed by atoms with E-state index in [-0.39, 0.29) is 0 Å². The number of methoxy groups -OCH3 is 1. The van der Waals surface area contributed by atoms with Crippen LogP contribution in [0.3, 0.4) is 0 Å². The molecule has 0 spiro atoms. The molecule has 0 saturated heterocycles. The van der Waals surface area contributed by atoms with E-state index in [0.29, 0.717) is 19.7 Å². The Balaban J connectivity index is 3.32. The summed E-state index contributed by atoms with van der Waals surface area (Å²) in [6.45, 7) is 1.61. The molecule has 0 aliphatic carbocycles. The largest absolute Gasteiger partial charge is 0.383 e. The van der Waals surface area contributed by atoms with Crippen molar-refractivity contribution in [2.75, 3.05) is 26.8 Å². The monoisotopic (exact) mass is 180 g/mol. The SMILES string of the molecule is COCCN(CC#N)SCl. The number of nitriles is 1. The van der Waals surface area contributed by atoms with Crippen LogP contribution < -0.4 is 0 Å². The third kappa shape index (κ3) is 4.89. The Bertz CT molecular complexity index is 117. The Morgan fingerprint density at radius 2 is 2.50 bits per heavy atom. The third-order valence-corrected chi connectivity index (χ3v) is 1.98. The van der Waals surface area contributed by atoms with E-state index in [0.717, 1.165) is 11.2 Å². The summed E-state index contributed by atoms with van der Waals surface area (Å²) in [4.78, 5) is 0. The molecule has 58 valence electrons. The number of rotatable bonds is 5. The van der Waals surface area contributed by atoms with Gasteiger partial charge in [-0.3, -0.25) is 0 Å². The fraction of sp³-hybridized carbons (Fsp3) is 0.800. The maximum Gasteiger partial charge on any atom is 0.0974 e. The lowest BCUT2D eigenvalue weighted by Gasteiger charge is -2.11. The molecule has 0 bridgehead atoms.